The quantitative estimate of drug-likeness (QED) is 0.772. The van der Waals surface area contributed by atoms with Crippen LogP contribution in [0.2, 0.25) is 10.0 Å². The minimum absolute atomic E-state index is 0.0407. The summed E-state index contributed by atoms with van der Waals surface area (Å²) in [4.78, 5) is 11.5. The molecule has 0 amide bonds. The molecule has 1 aliphatic heterocycles. The predicted octanol–water partition coefficient (Wildman–Crippen LogP) is 4.80. The summed E-state index contributed by atoms with van der Waals surface area (Å²) in [5, 5.41) is 10.7. The molecule has 0 radical (unpaired) electrons. The van der Waals surface area contributed by atoms with E-state index in [1.165, 1.54) is 12.1 Å². The lowest BCUT2D eigenvalue weighted by Crippen LogP contribution is -2.32. The molecule has 132 valence electrons. The number of aliphatic hydroxyl groups is 1. The van der Waals surface area contributed by atoms with Crippen LogP contribution in [0.5, 0.6) is 0 Å². The van der Waals surface area contributed by atoms with Crippen LogP contribution in [0.15, 0.2) is 36.4 Å². The van der Waals surface area contributed by atoms with Gasteiger partial charge in [0.1, 0.15) is 11.9 Å². The van der Waals surface area contributed by atoms with E-state index < -0.39 is 6.10 Å². The topological polar surface area (TPSA) is 46.5 Å². The second kappa shape index (κ2) is 7.73. The molecule has 1 aliphatic rings. The number of cyclic esters (lactones) is 1. The zero-order valence-corrected chi connectivity index (χ0v) is 14.9. The van der Waals surface area contributed by atoms with Crippen molar-refractivity contribution >= 4 is 29.2 Å². The lowest BCUT2D eigenvalue weighted by atomic mass is 9.93. The Kier molecular flexibility index (Phi) is 5.62. The molecule has 0 aliphatic carbocycles. The van der Waals surface area contributed by atoms with Gasteiger partial charge < -0.3 is 9.84 Å². The molecule has 2 atom stereocenters. The van der Waals surface area contributed by atoms with Crippen molar-refractivity contribution < 1.29 is 19.0 Å². The largest absolute Gasteiger partial charge is 0.462 e. The Bertz CT molecular complexity index is 777. The van der Waals surface area contributed by atoms with Gasteiger partial charge in [-0.25, -0.2) is 4.39 Å². The second-order valence-electron chi connectivity index (χ2n) is 6.16. The Labute approximate surface area is 155 Å². The highest BCUT2D eigenvalue weighted by Crippen LogP contribution is 2.34. The summed E-state index contributed by atoms with van der Waals surface area (Å²) < 4.78 is 18.5. The third kappa shape index (κ3) is 4.51. The molecule has 0 saturated carbocycles. The number of ether oxygens (including phenoxy) is 1. The number of hydrogen-bond acceptors (Lipinski definition) is 3. The smallest absolute Gasteiger partial charge is 0.308 e. The summed E-state index contributed by atoms with van der Waals surface area (Å²) in [5.41, 5.74) is 2.48. The van der Waals surface area contributed by atoms with Crippen molar-refractivity contribution in [1.82, 2.24) is 0 Å². The Morgan fingerprint density at radius 2 is 1.92 bits per heavy atom. The van der Waals surface area contributed by atoms with E-state index in [4.69, 9.17) is 27.9 Å². The van der Waals surface area contributed by atoms with Gasteiger partial charge in [-0.05, 0) is 53.8 Å². The Morgan fingerprint density at radius 3 is 2.60 bits per heavy atom. The SMILES string of the molecule is O=C1C[C@H](O)C[C@@H](CCc2c(Cl)cc(Cl)cc2-c2ccc(F)cc2)O1. The molecule has 0 aromatic heterocycles. The van der Waals surface area contributed by atoms with Gasteiger partial charge in [0, 0.05) is 16.5 Å². The first-order valence-corrected chi connectivity index (χ1v) is 8.79. The summed E-state index contributed by atoms with van der Waals surface area (Å²) in [6, 6.07) is 9.56. The molecule has 2 aromatic carbocycles. The molecule has 2 aromatic rings. The maximum Gasteiger partial charge on any atom is 0.308 e. The highest BCUT2D eigenvalue weighted by atomic mass is 35.5. The zero-order valence-electron chi connectivity index (χ0n) is 13.3. The molecule has 1 fully saturated rings. The van der Waals surface area contributed by atoms with E-state index in [0.717, 1.165) is 16.7 Å². The molecule has 6 heteroatoms. The number of halogens is 3. The maximum atomic E-state index is 13.2. The summed E-state index contributed by atoms with van der Waals surface area (Å²) in [5.74, 6) is -0.703. The third-order valence-electron chi connectivity index (χ3n) is 4.27. The molecule has 3 rings (SSSR count). The van der Waals surface area contributed by atoms with Crippen LogP contribution in [0.25, 0.3) is 11.1 Å². The van der Waals surface area contributed by atoms with Gasteiger partial charge in [0.2, 0.25) is 0 Å². The Morgan fingerprint density at radius 1 is 1.20 bits per heavy atom. The van der Waals surface area contributed by atoms with E-state index >= 15 is 0 Å². The van der Waals surface area contributed by atoms with E-state index in [0.29, 0.717) is 29.3 Å². The summed E-state index contributed by atoms with van der Waals surface area (Å²) in [7, 11) is 0. The fourth-order valence-electron chi connectivity index (χ4n) is 3.09. The molecular formula is C19H17Cl2FO3. The van der Waals surface area contributed by atoms with Gasteiger partial charge >= 0.3 is 5.97 Å². The molecule has 25 heavy (non-hydrogen) atoms. The summed E-state index contributed by atoms with van der Waals surface area (Å²) in [6.45, 7) is 0. The average molecular weight is 383 g/mol. The molecule has 3 nitrogen and oxygen atoms in total. The van der Waals surface area contributed by atoms with Crippen molar-refractivity contribution in [2.24, 2.45) is 0 Å². The normalized spacial score (nSPS) is 20.4. The van der Waals surface area contributed by atoms with E-state index in [1.807, 2.05) is 0 Å². The number of benzene rings is 2. The van der Waals surface area contributed by atoms with Gasteiger partial charge in [-0.3, -0.25) is 4.79 Å². The van der Waals surface area contributed by atoms with Crippen LogP contribution in [-0.2, 0) is 16.0 Å². The van der Waals surface area contributed by atoms with Crippen molar-refractivity contribution in [2.45, 2.75) is 37.9 Å². The standard InChI is InChI=1S/C19H17Cl2FO3/c20-12-7-17(11-1-3-13(22)4-2-11)16(18(21)8-12)6-5-15-9-14(23)10-19(24)25-15/h1-4,7-8,14-15,23H,5-6,9-10H2/t14-,15-/m1/s1. The van der Waals surface area contributed by atoms with E-state index in [9.17, 15) is 14.3 Å². The highest BCUT2D eigenvalue weighted by Gasteiger charge is 2.27. The molecule has 1 heterocycles. The zero-order chi connectivity index (χ0) is 18.0. The molecule has 0 bridgehead atoms. The molecular weight excluding hydrogens is 366 g/mol. The van der Waals surface area contributed by atoms with Gasteiger partial charge in [0.05, 0.1) is 12.5 Å². The predicted molar refractivity (Wildman–Crippen MR) is 95.3 cm³/mol. The van der Waals surface area contributed by atoms with Crippen LogP contribution in [0.3, 0.4) is 0 Å². The van der Waals surface area contributed by atoms with Crippen molar-refractivity contribution in [1.29, 1.82) is 0 Å². The first-order valence-electron chi connectivity index (χ1n) is 8.04. The maximum absolute atomic E-state index is 13.2. The monoisotopic (exact) mass is 382 g/mol. The number of hydrogen-bond donors (Lipinski definition) is 1. The van der Waals surface area contributed by atoms with Crippen LogP contribution in [0.4, 0.5) is 4.39 Å². The fourth-order valence-corrected chi connectivity index (χ4v) is 3.68. The Balaban J connectivity index is 1.85. The van der Waals surface area contributed by atoms with Crippen LogP contribution in [0, 0.1) is 5.82 Å². The first kappa shape index (κ1) is 18.2. The second-order valence-corrected chi connectivity index (χ2v) is 7.01. The van der Waals surface area contributed by atoms with Crippen molar-refractivity contribution in [3.63, 3.8) is 0 Å². The van der Waals surface area contributed by atoms with Gasteiger partial charge in [0.25, 0.3) is 0 Å². The fraction of sp³-hybridized carbons (Fsp3) is 0.316. The van der Waals surface area contributed by atoms with Crippen LogP contribution in [-0.4, -0.2) is 23.3 Å². The minimum atomic E-state index is -0.663. The summed E-state index contributed by atoms with van der Waals surface area (Å²) >= 11 is 12.5. The molecule has 0 spiro atoms. The van der Waals surface area contributed by atoms with Gasteiger partial charge in [0.15, 0.2) is 0 Å². The van der Waals surface area contributed by atoms with Crippen molar-refractivity contribution in [3.8, 4) is 11.1 Å². The van der Waals surface area contributed by atoms with E-state index in [1.54, 1.807) is 24.3 Å². The highest BCUT2D eigenvalue weighted by molar-refractivity contribution is 6.35. The van der Waals surface area contributed by atoms with Crippen LogP contribution in [0.1, 0.15) is 24.8 Å². The molecule has 1 saturated heterocycles. The number of aliphatic hydroxyl groups excluding tert-OH is 1. The van der Waals surface area contributed by atoms with Gasteiger partial charge in [-0.1, -0.05) is 35.3 Å². The van der Waals surface area contributed by atoms with Gasteiger partial charge in [-0.2, -0.15) is 0 Å². The Hall–Kier alpha value is -1.62. The van der Waals surface area contributed by atoms with Crippen molar-refractivity contribution in [3.05, 3.63) is 57.8 Å². The summed E-state index contributed by atoms with van der Waals surface area (Å²) in [6.07, 6.45) is 0.542. The molecule has 0 unspecified atom stereocenters. The first-order chi connectivity index (χ1) is 11.9. The van der Waals surface area contributed by atoms with Crippen molar-refractivity contribution in [2.75, 3.05) is 0 Å². The lowest BCUT2D eigenvalue weighted by Gasteiger charge is -2.26. The average Bonchev–Trinajstić information content (AvgIpc) is 2.53. The van der Waals surface area contributed by atoms with Gasteiger partial charge in [-0.15, -0.1) is 0 Å². The lowest BCUT2D eigenvalue weighted by molar-refractivity contribution is -0.160. The number of carbonyl (C=O) groups excluding carboxylic acids is 1. The van der Waals surface area contributed by atoms with E-state index in [-0.39, 0.29) is 24.3 Å². The molecule has 1 N–H and O–H groups in total. The number of rotatable bonds is 4. The van der Waals surface area contributed by atoms with E-state index in [2.05, 4.69) is 0 Å². The number of carbonyl (C=O) groups is 1. The minimum Gasteiger partial charge on any atom is -0.462 e. The number of esters is 1. The van der Waals surface area contributed by atoms with Crippen LogP contribution < -0.4 is 0 Å². The third-order valence-corrected chi connectivity index (χ3v) is 4.82. The van der Waals surface area contributed by atoms with Crippen LogP contribution >= 0.6 is 23.2 Å².